The van der Waals surface area contributed by atoms with Crippen molar-refractivity contribution in [2.45, 2.75) is 6.92 Å². The number of pyridine rings is 1. The molecule has 2 aromatic carbocycles. The van der Waals surface area contributed by atoms with Gasteiger partial charge in [-0.05, 0) is 43.3 Å². The molecule has 0 atom stereocenters. The summed E-state index contributed by atoms with van der Waals surface area (Å²) in [5.41, 5.74) is -0.140. The first-order chi connectivity index (χ1) is 16.0. The van der Waals surface area contributed by atoms with Crippen molar-refractivity contribution in [3.8, 4) is 23.0 Å². The first kappa shape index (κ1) is 21.5. The summed E-state index contributed by atoms with van der Waals surface area (Å²) in [6, 6.07) is 11.7. The molecule has 2 N–H and O–H groups in total. The summed E-state index contributed by atoms with van der Waals surface area (Å²) < 4.78 is 15.9. The highest BCUT2D eigenvalue weighted by Crippen LogP contribution is 2.33. The van der Waals surface area contributed by atoms with Gasteiger partial charge in [0, 0.05) is 18.5 Å². The van der Waals surface area contributed by atoms with E-state index >= 15 is 0 Å². The molecule has 0 spiro atoms. The van der Waals surface area contributed by atoms with Gasteiger partial charge in [-0.3, -0.25) is 15.1 Å². The zero-order valence-electron chi connectivity index (χ0n) is 17.3. The monoisotopic (exact) mass is 447 g/mol. The van der Waals surface area contributed by atoms with Crippen LogP contribution in [0.15, 0.2) is 70.1 Å². The van der Waals surface area contributed by atoms with Crippen LogP contribution in [0.3, 0.4) is 0 Å². The largest absolute Gasteiger partial charge is 0.504 e. The molecule has 0 unspecified atom stereocenters. The first-order valence-electron chi connectivity index (χ1n) is 9.79. The number of carbonyl (C=O) groups excluding carboxylic acids is 2. The van der Waals surface area contributed by atoms with Gasteiger partial charge in [0.15, 0.2) is 11.3 Å². The Kier molecular flexibility index (Phi) is 5.98. The van der Waals surface area contributed by atoms with Gasteiger partial charge in [-0.15, -0.1) is 0 Å². The topological polar surface area (TPSA) is 141 Å². The molecule has 4 rings (SSSR count). The highest BCUT2D eigenvalue weighted by atomic mass is 16.5. The number of ether oxygens (including phenoxy) is 2. The van der Waals surface area contributed by atoms with E-state index in [9.17, 15) is 19.5 Å². The number of anilines is 1. The van der Waals surface area contributed by atoms with E-state index in [4.69, 9.17) is 13.9 Å². The average molecular weight is 447 g/mol. The van der Waals surface area contributed by atoms with Crippen molar-refractivity contribution in [1.29, 1.82) is 0 Å². The van der Waals surface area contributed by atoms with E-state index in [1.54, 1.807) is 19.1 Å². The number of para-hydroxylation sites is 1. The van der Waals surface area contributed by atoms with Crippen molar-refractivity contribution >= 4 is 28.7 Å². The fourth-order valence-corrected chi connectivity index (χ4v) is 2.99. The summed E-state index contributed by atoms with van der Waals surface area (Å²) in [6.45, 7) is 1.76. The molecular formula is C23H17N3O7. The Balaban J connectivity index is 1.77. The summed E-state index contributed by atoms with van der Waals surface area (Å²) in [4.78, 5) is 44.7. The van der Waals surface area contributed by atoms with Crippen LogP contribution in [-0.4, -0.2) is 33.7 Å². The lowest BCUT2D eigenvalue weighted by molar-refractivity contribution is 0.0734. The number of nitrogens with one attached hydrogen (secondary N) is 1. The van der Waals surface area contributed by atoms with Gasteiger partial charge in [0.1, 0.15) is 5.75 Å². The van der Waals surface area contributed by atoms with E-state index in [0.717, 1.165) is 0 Å². The standard InChI is InChI=1S/C23H17N3O7/c1-2-31-23(30)25-17-11-14(32-22(29)13-5-4-10-24-12-13)8-9-15(17)21-26-20(28)16-6-3-7-18(27)19(16)33-21/h3-12,27H,2H2,1H3,(H,25,30). The van der Waals surface area contributed by atoms with Crippen LogP contribution in [0.25, 0.3) is 22.4 Å². The Labute approximate surface area is 186 Å². The molecule has 0 aliphatic carbocycles. The molecule has 0 saturated heterocycles. The molecule has 10 nitrogen and oxygen atoms in total. The average Bonchev–Trinajstić information content (AvgIpc) is 2.80. The molecule has 0 aliphatic rings. The zero-order valence-corrected chi connectivity index (χ0v) is 17.3. The van der Waals surface area contributed by atoms with E-state index in [-0.39, 0.29) is 51.8 Å². The van der Waals surface area contributed by atoms with Gasteiger partial charge in [-0.2, -0.15) is 4.98 Å². The Bertz CT molecular complexity index is 1400. The Hall–Kier alpha value is -4.73. The minimum atomic E-state index is -0.777. The van der Waals surface area contributed by atoms with Gasteiger partial charge in [0.2, 0.25) is 5.89 Å². The van der Waals surface area contributed by atoms with Crippen LogP contribution >= 0.6 is 0 Å². The Morgan fingerprint density at radius 1 is 1.15 bits per heavy atom. The van der Waals surface area contributed by atoms with E-state index in [1.165, 1.54) is 48.8 Å². The van der Waals surface area contributed by atoms with Crippen molar-refractivity contribution in [2.24, 2.45) is 0 Å². The summed E-state index contributed by atoms with van der Waals surface area (Å²) in [6.07, 6.45) is 2.10. The third-order valence-electron chi connectivity index (χ3n) is 4.47. The molecule has 0 radical (unpaired) electrons. The van der Waals surface area contributed by atoms with E-state index < -0.39 is 17.6 Å². The zero-order chi connectivity index (χ0) is 23.4. The van der Waals surface area contributed by atoms with Gasteiger partial charge in [-0.1, -0.05) is 6.07 Å². The van der Waals surface area contributed by atoms with E-state index in [1.807, 2.05) is 0 Å². The Morgan fingerprint density at radius 2 is 2.00 bits per heavy atom. The van der Waals surface area contributed by atoms with Crippen molar-refractivity contribution in [3.63, 3.8) is 0 Å². The lowest BCUT2D eigenvalue weighted by Crippen LogP contribution is -2.15. The number of aromatic hydroxyl groups is 1. The summed E-state index contributed by atoms with van der Waals surface area (Å²) in [5, 5.41) is 12.7. The minimum absolute atomic E-state index is 0.0540. The highest BCUT2D eigenvalue weighted by molar-refractivity contribution is 5.93. The SMILES string of the molecule is CCOC(=O)Nc1cc(OC(=O)c2cccnc2)ccc1-c1nc(=O)c2cccc(O)c2o1. The third-order valence-corrected chi connectivity index (χ3v) is 4.47. The van der Waals surface area contributed by atoms with Gasteiger partial charge in [-0.25, -0.2) is 9.59 Å². The number of hydrogen-bond acceptors (Lipinski definition) is 9. The first-order valence-corrected chi connectivity index (χ1v) is 9.79. The smallest absolute Gasteiger partial charge is 0.411 e. The molecular weight excluding hydrogens is 430 g/mol. The number of esters is 1. The molecule has 0 aliphatic heterocycles. The lowest BCUT2D eigenvalue weighted by atomic mass is 10.1. The predicted molar refractivity (Wildman–Crippen MR) is 117 cm³/mol. The van der Waals surface area contributed by atoms with Gasteiger partial charge < -0.3 is 19.0 Å². The second kappa shape index (κ2) is 9.18. The number of aromatic nitrogens is 2. The molecule has 0 bridgehead atoms. The van der Waals surface area contributed by atoms with Crippen molar-refractivity contribution < 1.29 is 28.6 Å². The molecule has 166 valence electrons. The quantitative estimate of drug-likeness (QED) is 0.346. The van der Waals surface area contributed by atoms with Gasteiger partial charge in [0.25, 0.3) is 5.56 Å². The Morgan fingerprint density at radius 3 is 2.76 bits per heavy atom. The maximum atomic E-state index is 12.5. The number of amides is 1. The lowest BCUT2D eigenvalue weighted by Gasteiger charge is -2.12. The van der Waals surface area contributed by atoms with Crippen molar-refractivity contribution in [3.05, 3.63) is 76.8 Å². The molecule has 33 heavy (non-hydrogen) atoms. The molecule has 0 saturated carbocycles. The fraction of sp³-hybridized carbons (Fsp3) is 0.0870. The van der Waals surface area contributed by atoms with Gasteiger partial charge in [0.05, 0.1) is 28.8 Å². The second-order valence-corrected chi connectivity index (χ2v) is 6.66. The number of nitrogens with zero attached hydrogens (tertiary/aromatic N) is 2. The molecule has 2 aromatic heterocycles. The van der Waals surface area contributed by atoms with Crippen LogP contribution in [0.2, 0.25) is 0 Å². The van der Waals surface area contributed by atoms with Crippen LogP contribution in [0, 0.1) is 0 Å². The summed E-state index contributed by atoms with van der Waals surface area (Å²) in [7, 11) is 0. The minimum Gasteiger partial charge on any atom is -0.504 e. The summed E-state index contributed by atoms with van der Waals surface area (Å²) >= 11 is 0. The van der Waals surface area contributed by atoms with Crippen LogP contribution in [0.1, 0.15) is 17.3 Å². The second-order valence-electron chi connectivity index (χ2n) is 6.66. The van der Waals surface area contributed by atoms with Crippen molar-refractivity contribution in [1.82, 2.24) is 9.97 Å². The number of benzene rings is 2. The number of phenolic OH excluding ortho intramolecular Hbond substituents is 1. The third kappa shape index (κ3) is 4.64. The predicted octanol–water partition coefficient (Wildman–Crippen LogP) is 3.74. The van der Waals surface area contributed by atoms with Gasteiger partial charge >= 0.3 is 12.1 Å². The number of rotatable bonds is 5. The number of fused-ring (bicyclic) bond motifs is 1. The van der Waals surface area contributed by atoms with Crippen LogP contribution in [0.4, 0.5) is 10.5 Å². The van der Waals surface area contributed by atoms with Crippen LogP contribution in [0.5, 0.6) is 11.5 Å². The number of carbonyl (C=O) groups is 2. The molecule has 2 heterocycles. The fourth-order valence-electron chi connectivity index (χ4n) is 2.99. The molecule has 4 aromatic rings. The van der Waals surface area contributed by atoms with Crippen LogP contribution in [-0.2, 0) is 4.74 Å². The van der Waals surface area contributed by atoms with E-state index in [2.05, 4.69) is 15.3 Å². The van der Waals surface area contributed by atoms with E-state index in [0.29, 0.717) is 0 Å². The highest BCUT2D eigenvalue weighted by Gasteiger charge is 2.18. The maximum absolute atomic E-state index is 12.5. The van der Waals surface area contributed by atoms with Crippen LogP contribution < -0.4 is 15.6 Å². The normalized spacial score (nSPS) is 10.6. The molecule has 10 heteroatoms. The number of phenols is 1. The van der Waals surface area contributed by atoms with Crippen molar-refractivity contribution in [2.75, 3.05) is 11.9 Å². The number of hydrogen-bond donors (Lipinski definition) is 2. The molecule has 0 fully saturated rings. The maximum Gasteiger partial charge on any atom is 0.411 e. The summed E-state index contributed by atoms with van der Waals surface area (Å²) in [5.74, 6) is -0.954. The molecule has 1 amide bonds.